The number of anilines is 2. The van der Waals surface area contributed by atoms with Crippen LogP contribution in [0.1, 0.15) is 38.2 Å². The van der Waals surface area contributed by atoms with Gasteiger partial charge in [-0.2, -0.15) is 0 Å². The van der Waals surface area contributed by atoms with Crippen LogP contribution in [-0.4, -0.2) is 27.9 Å². The Balaban J connectivity index is 1.23. The third kappa shape index (κ3) is 4.63. The zero-order valence-electron chi connectivity index (χ0n) is 15.8. The van der Waals surface area contributed by atoms with E-state index in [-0.39, 0.29) is 11.9 Å². The van der Waals surface area contributed by atoms with Gasteiger partial charge in [-0.3, -0.25) is 4.79 Å². The van der Waals surface area contributed by atoms with Crippen molar-refractivity contribution in [2.75, 3.05) is 11.1 Å². The first-order chi connectivity index (χ1) is 13.1. The van der Waals surface area contributed by atoms with Crippen LogP contribution >= 0.6 is 23.1 Å². The molecular weight excluding hydrogens is 376 g/mol. The highest BCUT2D eigenvalue weighted by Crippen LogP contribution is 2.49. The van der Waals surface area contributed by atoms with E-state index in [1.165, 1.54) is 54.3 Å². The average molecular weight is 403 g/mol. The van der Waals surface area contributed by atoms with Crippen LogP contribution in [0.5, 0.6) is 0 Å². The van der Waals surface area contributed by atoms with Crippen molar-refractivity contribution < 1.29 is 4.79 Å². The summed E-state index contributed by atoms with van der Waals surface area (Å²) in [4.78, 5) is 12.3. The van der Waals surface area contributed by atoms with Crippen molar-refractivity contribution in [3.63, 3.8) is 0 Å². The van der Waals surface area contributed by atoms with Crippen molar-refractivity contribution in [1.82, 2.24) is 15.5 Å². The zero-order valence-corrected chi connectivity index (χ0v) is 17.4. The molecule has 1 aromatic heterocycles. The van der Waals surface area contributed by atoms with Crippen LogP contribution < -0.4 is 10.6 Å². The molecule has 2 aliphatic rings. The summed E-state index contributed by atoms with van der Waals surface area (Å²) in [6, 6.07) is 8.44. The van der Waals surface area contributed by atoms with E-state index in [0.29, 0.717) is 11.7 Å². The zero-order chi connectivity index (χ0) is 18.8. The quantitative estimate of drug-likeness (QED) is 0.661. The van der Waals surface area contributed by atoms with Gasteiger partial charge in [0.25, 0.3) is 0 Å². The number of rotatable bonds is 7. The maximum atomic E-state index is 12.3. The van der Waals surface area contributed by atoms with Gasteiger partial charge in [0, 0.05) is 11.7 Å². The van der Waals surface area contributed by atoms with Gasteiger partial charge >= 0.3 is 0 Å². The summed E-state index contributed by atoms with van der Waals surface area (Å²) in [5, 5.41) is 15.6. The number of carbonyl (C=O) groups excluding carboxylic acids is 1. The van der Waals surface area contributed by atoms with E-state index in [0.717, 1.165) is 27.0 Å². The van der Waals surface area contributed by atoms with Crippen LogP contribution in [0, 0.1) is 24.7 Å². The fourth-order valence-corrected chi connectivity index (χ4v) is 6.10. The number of hydrogen-bond acceptors (Lipinski definition) is 6. The van der Waals surface area contributed by atoms with Crippen molar-refractivity contribution in [2.45, 2.75) is 49.9 Å². The molecule has 0 spiro atoms. The molecule has 4 atom stereocenters. The Morgan fingerprint density at radius 3 is 2.78 bits per heavy atom. The fraction of sp³-hybridized carbons (Fsp3) is 0.550. The molecule has 4 unspecified atom stereocenters. The van der Waals surface area contributed by atoms with Crippen LogP contribution in [0.15, 0.2) is 28.6 Å². The van der Waals surface area contributed by atoms with Gasteiger partial charge in [-0.15, -0.1) is 10.2 Å². The molecule has 1 amide bonds. The van der Waals surface area contributed by atoms with E-state index in [9.17, 15) is 4.79 Å². The minimum Gasteiger partial charge on any atom is -0.353 e. The standard InChI is InChI=1S/C20H26N4OS2/c1-12-3-7-16(8-4-12)22-19-23-24-20(27-19)26-11-18(25)21-13(2)17-10-14-5-6-15(17)9-14/h3-4,7-8,13-15,17H,5-6,9-11H2,1-2H3,(H,21,25)(H,22,23). The van der Waals surface area contributed by atoms with Crippen molar-refractivity contribution in [1.29, 1.82) is 0 Å². The number of nitrogens with zero attached hydrogens (tertiary/aromatic N) is 2. The lowest BCUT2D eigenvalue weighted by Gasteiger charge is -2.28. The number of aromatic nitrogens is 2. The minimum atomic E-state index is 0.0958. The van der Waals surface area contributed by atoms with E-state index >= 15 is 0 Å². The lowest BCUT2D eigenvalue weighted by Crippen LogP contribution is -2.40. The molecule has 4 rings (SSSR count). The Morgan fingerprint density at radius 1 is 1.26 bits per heavy atom. The number of aryl methyl sites for hydroxylation is 1. The summed E-state index contributed by atoms with van der Waals surface area (Å²) in [6.45, 7) is 4.23. The van der Waals surface area contributed by atoms with Crippen molar-refractivity contribution in [2.24, 2.45) is 17.8 Å². The number of thioether (sulfide) groups is 1. The summed E-state index contributed by atoms with van der Waals surface area (Å²) >= 11 is 2.93. The van der Waals surface area contributed by atoms with Crippen molar-refractivity contribution in [3.05, 3.63) is 29.8 Å². The van der Waals surface area contributed by atoms with E-state index in [1.807, 2.05) is 12.1 Å². The molecule has 27 heavy (non-hydrogen) atoms. The van der Waals surface area contributed by atoms with Crippen LogP contribution in [0.25, 0.3) is 0 Å². The number of nitrogens with one attached hydrogen (secondary N) is 2. The largest absolute Gasteiger partial charge is 0.353 e. The maximum Gasteiger partial charge on any atom is 0.230 e. The number of amides is 1. The maximum absolute atomic E-state index is 12.3. The Hall–Kier alpha value is -1.60. The third-order valence-corrected chi connectivity index (χ3v) is 7.83. The predicted molar refractivity (Wildman–Crippen MR) is 112 cm³/mol. The molecule has 7 heteroatoms. The molecule has 0 saturated heterocycles. The highest BCUT2D eigenvalue weighted by Gasteiger charge is 2.42. The summed E-state index contributed by atoms with van der Waals surface area (Å²) in [5.74, 6) is 2.90. The summed E-state index contributed by atoms with van der Waals surface area (Å²) in [5.41, 5.74) is 2.21. The Bertz CT molecular complexity index is 792. The predicted octanol–water partition coefficient (Wildman–Crippen LogP) is 4.62. The third-order valence-electron chi connectivity index (χ3n) is 5.86. The molecule has 2 bridgehead atoms. The second-order valence-corrected chi connectivity index (χ2v) is 10.0. The van der Waals surface area contributed by atoms with Gasteiger partial charge in [0.15, 0.2) is 4.34 Å². The monoisotopic (exact) mass is 402 g/mol. The summed E-state index contributed by atoms with van der Waals surface area (Å²) in [6.07, 6.45) is 5.42. The molecule has 144 valence electrons. The van der Waals surface area contributed by atoms with E-state index in [1.54, 1.807) is 0 Å². The van der Waals surface area contributed by atoms with Crippen LogP contribution in [0.3, 0.4) is 0 Å². The second kappa shape index (κ2) is 8.19. The number of fused-ring (bicyclic) bond motifs is 2. The Labute approximate surface area is 168 Å². The van der Waals surface area contributed by atoms with Crippen LogP contribution in [0.2, 0.25) is 0 Å². The molecule has 0 aliphatic heterocycles. The molecule has 0 radical (unpaired) electrons. The van der Waals surface area contributed by atoms with Gasteiger partial charge in [0.1, 0.15) is 0 Å². The lowest BCUT2D eigenvalue weighted by atomic mass is 9.84. The number of benzene rings is 1. The minimum absolute atomic E-state index is 0.0958. The first-order valence-corrected chi connectivity index (χ1v) is 11.5. The number of hydrogen-bond donors (Lipinski definition) is 2. The van der Waals surface area contributed by atoms with Gasteiger partial charge in [-0.25, -0.2) is 0 Å². The van der Waals surface area contributed by atoms with Gasteiger partial charge in [0.2, 0.25) is 11.0 Å². The van der Waals surface area contributed by atoms with Gasteiger partial charge in [-0.05, 0) is 63.0 Å². The Morgan fingerprint density at radius 2 is 2.07 bits per heavy atom. The molecule has 1 aromatic carbocycles. The SMILES string of the molecule is Cc1ccc(Nc2nnc(SCC(=O)NC(C)C3CC4CCC3C4)s2)cc1. The first-order valence-electron chi connectivity index (χ1n) is 9.66. The van der Waals surface area contributed by atoms with Crippen LogP contribution in [-0.2, 0) is 4.79 Å². The second-order valence-electron chi connectivity index (χ2n) is 7.85. The van der Waals surface area contributed by atoms with Crippen molar-refractivity contribution in [3.8, 4) is 0 Å². The highest BCUT2D eigenvalue weighted by molar-refractivity contribution is 8.01. The lowest BCUT2D eigenvalue weighted by molar-refractivity contribution is -0.119. The smallest absolute Gasteiger partial charge is 0.230 e. The van der Waals surface area contributed by atoms with E-state index in [2.05, 4.69) is 46.8 Å². The normalized spacial score (nSPS) is 24.7. The summed E-state index contributed by atoms with van der Waals surface area (Å²) < 4.78 is 0.812. The topological polar surface area (TPSA) is 66.9 Å². The molecule has 2 aromatic rings. The number of carbonyl (C=O) groups is 1. The molecule has 1 heterocycles. The van der Waals surface area contributed by atoms with Gasteiger partial charge in [-0.1, -0.05) is 47.2 Å². The first kappa shape index (κ1) is 18.7. The highest BCUT2D eigenvalue weighted by atomic mass is 32.2. The molecular formula is C20H26N4OS2. The van der Waals surface area contributed by atoms with E-state index < -0.39 is 0 Å². The molecule has 2 saturated carbocycles. The average Bonchev–Trinajstić information content (AvgIpc) is 3.39. The molecule has 2 fully saturated rings. The van der Waals surface area contributed by atoms with E-state index in [4.69, 9.17) is 0 Å². The fourth-order valence-electron chi connectivity index (χ4n) is 4.52. The summed E-state index contributed by atoms with van der Waals surface area (Å²) in [7, 11) is 0. The molecule has 2 aliphatic carbocycles. The van der Waals surface area contributed by atoms with Crippen LogP contribution in [0.4, 0.5) is 10.8 Å². The van der Waals surface area contributed by atoms with Crippen molar-refractivity contribution >= 4 is 39.8 Å². The van der Waals surface area contributed by atoms with Gasteiger partial charge in [0.05, 0.1) is 5.75 Å². The Kier molecular flexibility index (Phi) is 5.68. The molecule has 2 N–H and O–H groups in total. The van der Waals surface area contributed by atoms with Gasteiger partial charge < -0.3 is 10.6 Å². The molecule has 5 nitrogen and oxygen atoms in total.